The molecule has 0 saturated heterocycles. The number of rotatable bonds is 5. The number of hydrogen-bond donors (Lipinski definition) is 1. The van der Waals surface area contributed by atoms with Crippen molar-refractivity contribution in [3.63, 3.8) is 0 Å². The number of halogens is 1. The molecule has 0 radical (unpaired) electrons. The Morgan fingerprint density at radius 2 is 1.80 bits per heavy atom. The molecule has 6 heteroatoms. The topological polar surface area (TPSA) is 64.2 Å². The van der Waals surface area contributed by atoms with Gasteiger partial charge in [0.25, 0.3) is 11.5 Å². The van der Waals surface area contributed by atoms with E-state index in [-0.39, 0.29) is 40.8 Å². The second-order valence-electron chi connectivity index (χ2n) is 7.25. The van der Waals surface area contributed by atoms with Crippen molar-refractivity contribution in [2.75, 3.05) is 0 Å². The highest BCUT2D eigenvalue weighted by Gasteiger charge is 2.23. The van der Waals surface area contributed by atoms with E-state index in [0.29, 0.717) is 11.3 Å². The number of benzene rings is 2. The van der Waals surface area contributed by atoms with E-state index < -0.39 is 0 Å². The van der Waals surface area contributed by atoms with E-state index in [1.54, 1.807) is 31.3 Å². The Morgan fingerprint density at radius 1 is 1.10 bits per heavy atom. The third-order valence-electron chi connectivity index (χ3n) is 5.13. The minimum Gasteiger partial charge on any atom is -0.460 e. The zero-order valence-electron chi connectivity index (χ0n) is 16.7. The summed E-state index contributed by atoms with van der Waals surface area (Å²) in [7, 11) is 0. The first-order valence-corrected chi connectivity index (χ1v) is 9.67. The number of aromatic nitrogens is 1. The molecule has 1 N–H and O–H groups in total. The summed E-state index contributed by atoms with van der Waals surface area (Å²) in [4.78, 5) is 26.2. The number of aryl methyl sites for hydroxylation is 1. The number of carbonyl (C=O) groups excluding carboxylic acids is 1. The zero-order chi connectivity index (χ0) is 21.3. The van der Waals surface area contributed by atoms with Crippen LogP contribution >= 0.6 is 0 Å². The lowest BCUT2D eigenvalue weighted by atomic mass is 10.1. The molecule has 5 nitrogen and oxygen atoms in total. The minimum absolute atomic E-state index is 0.229. The second kappa shape index (κ2) is 7.99. The van der Waals surface area contributed by atoms with Crippen molar-refractivity contribution in [2.45, 2.75) is 26.4 Å². The Labute approximate surface area is 172 Å². The SMILES string of the molecule is Cc1oc2ccn(Cc3ccc(F)cc3)c(=O)c2c1C(=O)NC(C)c1ccccc1. The molecule has 30 heavy (non-hydrogen) atoms. The number of nitrogens with one attached hydrogen (secondary N) is 1. The van der Waals surface area contributed by atoms with Gasteiger partial charge in [0.05, 0.1) is 23.5 Å². The number of furan rings is 1. The van der Waals surface area contributed by atoms with Gasteiger partial charge in [-0.15, -0.1) is 0 Å². The molecule has 0 spiro atoms. The van der Waals surface area contributed by atoms with Gasteiger partial charge in [-0.1, -0.05) is 42.5 Å². The largest absolute Gasteiger partial charge is 0.460 e. The first kappa shape index (κ1) is 19.6. The van der Waals surface area contributed by atoms with E-state index in [1.165, 1.54) is 16.7 Å². The Morgan fingerprint density at radius 3 is 2.50 bits per heavy atom. The summed E-state index contributed by atoms with van der Waals surface area (Å²) in [6, 6.07) is 17.0. The van der Waals surface area contributed by atoms with Crippen LogP contribution in [0.4, 0.5) is 4.39 Å². The lowest BCUT2D eigenvalue weighted by molar-refractivity contribution is 0.0939. The average Bonchev–Trinajstić information content (AvgIpc) is 3.09. The van der Waals surface area contributed by atoms with Gasteiger partial charge < -0.3 is 14.3 Å². The van der Waals surface area contributed by atoms with Crippen molar-refractivity contribution in [3.8, 4) is 0 Å². The second-order valence-corrected chi connectivity index (χ2v) is 7.25. The van der Waals surface area contributed by atoms with Crippen LogP contribution in [0.2, 0.25) is 0 Å². The van der Waals surface area contributed by atoms with Gasteiger partial charge in [0.15, 0.2) is 0 Å². The summed E-state index contributed by atoms with van der Waals surface area (Å²) in [6.45, 7) is 3.82. The monoisotopic (exact) mass is 404 g/mol. The molecule has 0 saturated carbocycles. The lowest BCUT2D eigenvalue weighted by Crippen LogP contribution is -2.29. The van der Waals surface area contributed by atoms with Crippen LogP contribution in [0, 0.1) is 12.7 Å². The van der Waals surface area contributed by atoms with Crippen molar-refractivity contribution in [3.05, 3.63) is 105 Å². The first-order valence-electron chi connectivity index (χ1n) is 9.67. The van der Waals surface area contributed by atoms with E-state index >= 15 is 0 Å². The van der Waals surface area contributed by atoms with Crippen LogP contribution < -0.4 is 10.9 Å². The van der Waals surface area contributed by atoms with Crippen molar-refractivity contribution in [1.82, 2.24) is 9.88 Å². The van der Waals surface area contributed by atoms with Gasteiger partial charge in [-0.05, 0) is 43.2 Å². The molecule has 0 fully saturated rings. The molecule has 0 bridgehead atoms. The number of hydrogen-bond acceptors (Lipinski definition) is 3. The molecule has 2 aromatic heterocycles. The van der Waals surface area contributed by atoms with Crippen molar-refractivity contribution >= 4 is 16.9 Å². The summed E-state index contributed by atoms with van der Waals surface area (Å²) in [5.41, 5.74) is 2.02. The number of amides is 1. The predicted octanol–water partition coefficient (Wildman–Crippen LogP) is 4.58. The maximum Gasteiger partial charge on any atom is 0.262 e. The van der Waals surface area contributed by atoms with Crippen molar-refractivity contribution < 1.29 is 13.6 Å². The Balaban J connectivity index is 1.69. The fourth-order valence-corrected chi connectivity index (χ4v) is 3.54. The lowest BCUT2D eigenvalue weighted by Gasteiger charge is -2.14. The van der Waals surface area contributed by atoms with E-state index in [2.05, 4.69) is 5.32 Å². The number of carbonyl (C=O) groups is 1. The van der Waals surface area contributed by atoms with Crippen LogP contribution in [-0.4, -0.2) is 10.5 Å². The van der Waals surface area contributed by atoms with Crippen molar-refractivity contribution in [1.29, 1.82) is 0 Å². The number of nitrogens with zero attached hydrogens (tertiary/aromatic N) is 1. The first-order chi connectivity index (χ1) is 14.4. The molecule has 1 unspecified atom stereocenters. The van der Waals surface area contributed by atoms with Crippen LogP contribution in [0.1, 0.15) is 40.2 Å². The fraction of sp³-hybridized carbons (Fsp3) is 0.167. The maximum atomic E-state index is 13.2. The molecule has 0 aliphatic carbocycles. The van der Waals surface area contributed by atoms with Gasteiger partial charge in [0, 0.05) is 6.20 Å². The molecule has 1 atom stereocenters. The molecule has 0 aliphatic rings. The molecular formula is C24H21FN2O3. The van der Waals surface area contributed by atoms with Gasteiger partial charge in [-0.25, -0.2) is 4.39 Å². The molecule has 152 valence electrons. The Hall–Kier alpha value is -3.67. The van der Waals surface area contributed by atoms with Crippen LogP contribution in [0.25, 0.3) is 11.0 Å². The molecule has 2 heterocycles. The van der Waals surface area contributed by atoms with Crippen LogP contribution in [-0.2, 0) is 6.54 Å². The number of pyridine rings is 1. The summed E-state index contributed by atoms with van der Waals surface area (Å²) in [5, 5.41) is 3.19. The maximum absolute atomic E-state index is 13.2. The quantitative estimate of drug-likeness (QED) is 0.530. The molecule has 0 aliphatic heterocycles. The predicted molar refractivity (Wildman–Crippen MR) is 113 cm³/mol. The molecule has 4 aromatic rings. The molecule has 1 amide bonds. The van der Waals surface area contributed by atoms with Crippen LogP contribution in [0.3, 0.4) is 0 Å². The number of fused-ring (bicyclic) bond motifs is 1. The smallest absolute Gasteiger partial charge is 0.262 e. The fourth-order valence-electron chi connectivity index (χ4n) is 3.54. The molecule has 4 rings (SSSR count). The van der Waals surface area contributed by atoms with Gasteiger partial charge in [-0.2, -0.15) is 0 Å². The summed E-state index contributed by atoms with van der Waals surface area (Å²) < 4.78 is 20.3. The van der Waals surface area contributed by atoms with Crippen LogP contribution in [0.5, 0.6) is 0 Å². The van der Waals surface area contributed by atoms with E-state index in [0.717, 1.165) is 11.1 Å². The van der Waals surface area contributed by atoms with Crippen molar-refractivity contribution in [2.24, 2.45) is 0 Å². The highest BCUT2D eigenvalue weighted by Crippen LogP contribution is 2.24. The minimum atomic E-state index is -0.362. The van der Waals surface area contributed by atoms with Gasteiger partial charge in [-0.3, -0.25) is 9.59 Å². The summed E-state index contributed by atoms with van der Waals surface area (Å²) in [5.74, 6) is -0.308. The normalized spacial score (nSPS) is 12.1. The Bertz CT molecular complexity index is 1260. The van der Waals surface area contributed by atoms with E-state index in [4.69, 9.17) is 4.42 Å². The van der Waals surface area contributed by atoms with Gasteiger partial charge in [0.2, 0.25) is 0 Å². The van der Waals surface area contributed by atoms with E-state index in [1.807, 2.05) is 37.3 Å². The van der Waals surface area contributed by atoms with Gasteiger partial charge >= 0.3 is 0 Å². The summed E-state index contributed by atoms with van der Waals surface area (Å²) in [6.07, 6.45) is 1.62. The highest BCUT2D eigenvalue weighted by atomic mass is 19.1. The Kier molecular flexibility index (Phi) is 5.23. The standard InChI is InChI=1S/C24H21FN2O3/c1-15(18-6-4-3-5-7-18)26-23(28)21-16(2)30-20-12-13-27(24(29)22(20)21)14-17-8-10-19(25)11-9-17/h3-13,15H,14H2,1-2H3,(H,26,28). The van der Waals surface area contributed by atoms with E-state index in [9.17, 15) is 14.0 Å². The van der Waals surface area contributed by atoms with Gasteiger partial charge in [0.1, 0.15) is 17.2 Å². The third kappa shape index (κ3) is 3.76. The zero-order valence-corrected chi connectivity index (χ0v) is 16.7. The van der Waals surface area contributed by atoms with Crippen LogP contribution in [0.15, 0.2) is 76.1 Å². The summed E-state index contributed by atoms with van der Waals surface area (Å²) >= 11 is 0. The molecule has 2 aromatic carbocycles. The average molecular weight is 404 g/mol. The molecular weight excluding hydrogens is 383 g/mol. The third-order valence-corrected chi connectivity index (χ3v) is 5.13. The highest BCUT2D eigenvalue weighted by molar-refractivity contribution is 6.07.